The van der Waals surface area contributed by atoms with Gasteiger partial charge in [0.25, 0.3) is 0 Å². The second-order valence-electron chi connectivity index (χ2n) is 5.91. The van der Waals surface area contributed by atoms with E-state index < -0.39 is 0 Å². The number of piperidine rings is 1. The third-order valence-corrected chi connectivity index (χ3v) is 4.24. The molecule has 0 N–H and O–H groups in total. The predicted octanol–water partition coefficient (Wildman–Crippen LogP) is 3.26. The molecule has 2 aromatic rings. The number of benzene rings is 1. The molecule has 1 fully saturated rings. The Labute approximate surface area is 136 Å². The van der Waals surface area contributed by atoms with Gasteiger partial charge in [-0.05, 0) is 44.0 Å². The van der Waals surface area contributed by atoms with Crippen LogP contribution in [0.4, 0.5) is 4.39 Å². The zero-order valence-corrected chi connectivity index (χ0v) is 13.2. The molecule has 0 aliphatic carbocycles. The van der Waals surface area contributed by atoms with Crippen molar-refractivity contribution in [3.63, 3.8) is 0 Å². The first-order chi connectivity index (χ1) is 11.3. The summed E-state index contributed by atoms with van der Waals surface area (Å²) in [6.07, 6.45) is 6.69. The molecule has 1 aromatic heterocycles. The van der Waals surface area contributed by atoms with E-state index in [-0.39, 0.29) is 5.82 Å². The molecule has 0 radical (unpaired) electrons. The van der Waals surface area contributed by atoms with Gasteiger partial charge in [-0.1, -0.05) is 12.1 Å². The number of likely N-dealkylation sites (tertiary alicyclic amines) is 1. The van der Waals surface area contributed by atoms with Gasteiger partial charge in [-0.15, -0.1) is 0 Å². The highest BCUT2D eigenvalue weighted by atomic mass is 19.1. The molecule has 0 spiro atoms. The zero-order chi connectivity index (χ0) is 15.9. The zero-order valence-electron chi connectivity index (χ0n) is 13.2. The second-order valence-corrected chi connectivity index (χ2v) is 5.91. The molecule has 23 heavy (non-hydrogen) atoms. The Morgan fingerprint density at radius 3 is 3.00 bits per heavy atom. The van der Waals surface area contributed by atoms with Crippen molar-refractivity contribution in [2.45, 2.75) is 25.2 Å². The van der Waals surface area contributed by atoms with E-state index in [0.717, 1.165) is 31.7 Å². The molecule has 4 nitrogen and oxygen atoms in total. The summed E-state index contributed by atoms with van der Waals surface area (Å²) in [6.45, 7) is 3.64. The molecule has 1 atom stereocenters. The lowest BCUT2D eigenvalue weighted by molar-refractivity contribution is 0.186. The Morgan fingerprint density at radius 2 is 2.17 bits per heavy atom. The molecule has 0 unspecified atom stereocenters. The van der Waals surface area contributed by atoms with Crippen LogP contribution >= 0.6 is 0 Å². The Bertz CT molecular complexity index is 608. The summed E-state index contributed by atoms with van der Waals surface area (Å²) in [4.78, 5) is 10.8. The smallest absolute Gasteiger partial charge is 0.165 e. The highest BCUT2D eigenvalue weighted by Gasteiger charge is 2.21. The van der Waals surface area contributed by atoms with Crippen LogP contribution in [0.15, 0.2) is 42.9 Å². The molecular formula is C18H22FN3O. The van der Waals surface area contributed by atoms with Crippen molar-refractivity contribution < 1.29 is 9.13 Å². The van der Waals surface area contributed by atoms with Crippen LogP contribution < -0.4 is 4.74 Å². The van der Waals surface area contributed by atoms with Crippen molar-refractivity contribution in [2.75, 3.05) is 26.2 Å². The van der Waals surface area contributed by atoms with Gasteiger partial charge in [0.05, 0.1) is 6.61 Å². The summed E-state index contributed by atoms with van der Waals surface area (Å²) < 4.78 is 19.0. The van der Waals surface area contributed by atoms with E-state index in [9.17, 15) is 4.39 Å². The van der Waals surface area contributed by atoms with Crippen LogP contribution in [-0.4, -0.2) is 41.1 Å². The molecule has 1 aliphatic rings. The highest BCUT2D eigenvalue weighted by molar-refractivity contribution is 5.23. The summed E-state index contributed by atoms with van der Waals surface area (Å²) >= 11 is 0. The van der Waals surface area contributed by atoms with Gasteiger partial charge < -0.3 is 9.64 Å². The normalized spacial score (nSPS) is 18.7. The molecule has 1 aromatic carbocycles. The van der Waals surface area contributed by atoms with Crippen molar-refractivity contribution in [2.24, 2.45) is 0 Å². The number of hydrogen-bond donors (Lipinski definition) is 0. The average Bonchev–Trinajstić information content (AvgIpc) is 2.61. The Kier molecular flexibility index (Phi) is 5.53. The van der Waals surface area contributed by atoms with Gasteiger partial charge in [0.1, 0.15) is 6.33 Å². The van der Waals surface area contributed by atoms with Gasteiger partial charge in [0.15, 0.2) is 11.6 Å². The molecule has 0 amide bonds. The number of aromatic nitrogens is 2. The fourth-order valence-electron chi connectivity index (χ4n) is 3.07. The van der Waals surface area contributed by atoms with Crippen LogP contribution in [0.1, 0.15) is 30.9 Å². The molecule has 5 heteroatoms. The summed E-state index contributed by atoms with van der Waals surface area (Å²) in [6, 6.07) is 8.56. The Hall–Kier alpha value is -2.01. The van der Waals surface area contributed by atoms with E-state index in [2.05, 4.69) is 14.9 Å². The summed E-state index contributed by atoms with van der Waals surface area (Å²) in [5.74, 6) is 0.526. The molecule has 2 heterocycles. The minimum absolute atomic E-state index is 0.297. The number of nitrogens with zero attached hydrogens (tertiary/aromatic N) is 3. The first kappa shape index (κ1) is 15.9. The maximum Gasteiger partial charge on any atom is 0.165 e. The molecule has 1 saturated heterocycles. The largest absolute Gasteiger partial charge is 0.490 e. The van der Waals surface area contributed by atoms with Gasteiger partial charge >= 0.3 is 0 Å². The molecular weight excluding hydrogens is 293 g/mol. The fraction of sp³-hybridized carbons (Fsp3) is 0.444. The van der Waals surface area contributed by atoms with E-state index >= 15 is 0 Å². The van der Waals surface area contributed by atoms with Gasteiger partial charge in [-0.3, -0.25) is 0 Å². The molecule has 0 saturated carbocycles. The number of para-hydroxylation sites is 1. The van der Waals surface area contributed by atoms with Crippen LogP contribution in [-0.2, 0) is 0 Å². The Balaban J connectivity index is 1.43. The van der Waals surface area contributed by atoms with Crippen molar-refractivity contribution in [3.05, 3.63) is 54.4 Å². The monoisotopic (exact) mass is 315 g/mol. The summed E-state index contributed by atoms with van der Waals surface area (Å²) in [7, 11) is 0. The number of ether oxygens (including phenoxy) is 1. The first-order valence-corrected chi connectivity index (χ1v) is 8.18. The van der Waals surface area contributed by atoms with Crippen LogP contribution in [0.3, 0.4) is 0 Å². The van der Waals surface area contributed by atoms with E-state index in [1.54, 1.807) is 24.5 Å². The fourth-order valence-corrected chi connectivity index (χ4v) is 3.07. The second kappa shape index (κ2) is 8.02. The third kappa shape index (κ3) is 4.48. The van der Waals surface area contributed by atoms with Crippen LogP contribution in [0.2, 0.25) is 0 Å². The third-order valence-electron chi connectivity index (χ3n) is 4.24. The van der Waals surface area contributed by atoms with Gasteiger partial charge in [-0.25, -0.2) is 14.4 Å². The van der Waals surface area contributed by atoms with Crippen molar-refractivity contribution in [1.82, 2.24) is 14.9 Å². The lowest BCUT2D eigenvalue weighted by Gasteiger charge is -2.32. The lowest BCUT2D eigenvalue weighted by Crippen LogP contribution is -2.35. The Morgan fingerprint density at radius 1 is 1.26 bits per heavy atom. The SMILES string of the molecule is Fc1ccccc1OCCCN1CCC[C@H](c2ccncn2)C1. The molecule has 3 rings (SSSR count). The number of rotatable bonds is 6. The summed E-state index contributed by atoms with van der Waals surface area (Å²) in [5, 5.41) is 0. The van der Waals surface area contributed by atoms with Crippen molar-refractivity contribution >= 4 is 0 Å². The summed E-state index contributed by atoms with van der Waals surface area (Å²) in [5.41, 5.74) is 1.13. The molecule has 122 valence electrons. The topological polar surface area (TPSA) is 38.2 Å². The van der Waals surface area contributed by atoms with Gasteiger partial charge in [-0.2, -0.15) is 0 Å². The minimum atomic E-state index is -0.297. The molecule has 1 aliphatic heterocycles. The van der Waals surface area contributed by atoms with E-state index in [1.807, 2.05) is 12.3 Å². The van der Waals surface area contributed by atoms with Crippen molar-refractivity contribution in [3.8, 4) is 5.75 Å². The van der Waals surface area contributed by atoms with E-state index in [0.29, 0.717) is 18.3 Å². The molecule has 0 bridgehead atoms. The maximum atomic E-state index is 13.5. The first-order valence-electron chi connectivity index (χ1n) is 8.18. The standard InChI is InChI=1S/C18H22FN3O/c19-16-6-1-2-7-18(16)23-12-4-11-22-10-3-5-15(13-22)17-8-9-20-14-21-17/h1-2,6-9,14-15H,3-5,10-13H2/t15-/m0/s1. The van der Waals surface area contributed by atoms with E-state index in [1.165, 1.54) is 18.9 Å². The van der Waals surface area contributed by atoms with Gasteiger partial charge in [0, 0.05) is 30.9 Å². The highest BCUT2D eigenvalue weighted by Crippen LogP contribution is 2.25. The van der Waals surface area contributed by atoms with Gasteiger partial charge in [0.2, 0.25) is 0 Å². The predicted molar refractivity (Wildman–Crippen MR) is 87.0 cm³/mol. The number of halogens is 1. The van der Waals surface area contributed by atoms with Crippen LogP contribution in [0.5, 0.6) is 5.75 Å². The van der Waals surface area contributed by atoms with E-state index in [4.69, 9.17) is 4.74 Å². The number of hydrogen-bond acceptors (Lipinski definition) is 4. The average molecular weight is 315 g/mol. The van der Waals surface area contributed by atoms with Crippen LogP contribution in [0, 0.1) is 5.82 Å². The minimum Gasteiger partial charge on any atom is -0.490 e. The van der Waals surface area contributed by atoms with Crippen LogP contribution in [0.25, 0.3) is 0 Å². The van der Waals surface area contributed by atoms with Crippen molar-refractivity contribution in [1.29, 1.82) is 0 Å². The maximum absolute atomic E-state index is 13.5. The quantitative estimate of drug-likeness (QED) is 0.767. The lowest BCUT2D eigenvalue weighted by atomic mass is 9.94.